The third-order valence-electron chi connectivity index (χ3n) is 5.02. The van der Waals surface area contributed by atoms with Crippen LogP contribution < -0.4 is 5.32 Å². The lowest BCUT2D eigenvalue weighted by atomic mass is 10.1. The van der Waals surface area contributed by atoms with Gasteiger partial charge in [0.25, 0.3) is 0 Å². The van der Waals surface area contributed by atoms with Crippen molar-refractivity contribution in [3.8, 4) is 0 Å². The number of carbonyl (C=O) groups is 2. The fourth-order valence-electron chi connectivity index (χ4n) is 3.67. The number of amides is 2. The van der Waals surface area contributed by atoms with Crippen LogP contribution in [0.5, 0.6) is 0 Å². The highest BCUT2D eigenvalue weighted by molar-refractivity contribution is 8.15. The first-order valence-electron chi connectivity index (χ1n) is 9.78. The van der Waals surface area contributed by atoms with Gasteiger partial charge >= 0.3 is 0 Å². The molecular weight excluding hydrogens is 417 g/mol. The fourth-order valence-corrected chi connectivity index (χ4v) is 5.23. The molecule has 8 heteroatoms. The van der Waals surface area contributed by atoms with Crippen LogP contribution in [0, 0.1) is 0 Å². The number of nitrogens with one attached hydrogen (secondary N) is 1. The highest BCUT2D eigenvalue weighted by Gasteiger charge is 2.42. The Hall–Kier alpha value is -1.24. The molecule has 0 aromatic heterocycles. The zero-order chi connectivity index (χ0) is 20.1. The highest BCUT2D eigenvalue weighted by Crippen LogP contribution is 2.35. The Labute approximate surface area is 180 Å². The second-order valence-corrected chi connectivity index (χ2v) is 9.08. The minimum atomic E-state index is -0.434. The average molecular weight is 442 g/mol. The molecular formula is C20H25Cl2N3O2S. The van der Waals surface area contributed by atoms with Gasteiger partial charge in [0, 0.05) is 24.7 Å². The minimum Gasteiger partial charge on any atom is -0.326 e. The van der Waals surface area contributed by atoms with Gasteiger partial charge in [-0.2, -0.15) is 0 Å². The summed E-state index contributed by atoms with van der Waals surface area (Å²) in [4.78, 5) is 32.0. The first-order chi connectivity index (χ1) is 13.5. The lowest BCUT2D eigenvalue weighted by Gasteiger charge is -2.26. The maximum absolute atomic E-state index is 13.1. The van der Waals surface area contributed by atoms with Crippen LogP contribution >= 0.6 is 35.0 Å². The molecule has 1 N–H and O–H groups in total. The quantitative estimate of drug-likeness (QED) is 0.624. The lowest BCUT2D eigenvalue weighted by molar-refractivity contribution is -0.129. The molecule has 1 saturated heterocycles. The number of nitrogens with zero attached hydrogens (tertiary/aromatic N) is 2. The number of thioether (sulfide) groups is 1. The zero-order valence-corrected chi connectivity index (χ0v) is 18.2. The molecule has 28 heavy (non-hydrogen) atoms. The van der Waals surface area contributed by atoms with Crippen LogP contribution in [0.3, 0.4) is 0 Å². The van der Waals surface area contributed by atoms with Crippen molar-refractivity contribution in [1.82, 2.24) is 4.90 Å². The molecule has 2 aliphatic rings. The summed E-state index contributed by atoms with van der Waals surface area (Å²) in [6.07, 6.45) is 6.86. The fraction of sp³-hybridized carbons (Fsp3) is 0.550. The molecule has 3 rings (SSSR count). The second-order valence-electron chi connectivity index (χ2n) is 7.10. The lowest BCUT2D eigenvalue weighted by Crippen LogP contribution is -2.41. The van der Waals surface area contributed by atoms with Crippen molar-refractivity contribution in [3.63, 3.8) is 0 Å². The first kappa shape index (κ1) is 21.5. The molecule has 1 atom stereocenters. The van der Waals surface area contributed by atoms with E-state index in [4.69, 9.17) is 23.2 Å². The smallest absolute Gasteiger partial charge is 0.242 e. The summed E-state index contributed by atoms with van der Waals surface area (Å²) >= 11 is 13.3. The van der Waals surface area contributed by atoms with Crippen molar-refractivity contribution < 1.29 is 9.59 Å². The van der Waals surface area contributed by atoms with E-state index < -0.39 is 5.25 Å². The molecule has 1 aromatic carbocycles. The van der Waals surface area contributed by atoms with Crippen molar-refractivity contribution in [3.05, 3.63) is 28.2 Å². The molecule has 2 fully saturated rings. The van der Waals surface area contributed by atoms with Gasteiger partial charge in [0.2, 0.25) is 11.8 Å². The number of amidine groups is 1. The summed E-state index contributed by atoms with van der Waals surface area (Å²) in [5.74, 6) is -0.212. The normalized spacial score (nSPS) is 22.5. The van der Waals surface area contributed by atoms with Gasteiger partial charge in [-0.05, 0) is 38.0 Å². The number of carbonyl (C=O) groups excluding carboxylic acids is 2. The molecule has 0 bridgehead atoms. The van der Waals surface area contributed by atoms with Crippen LogP contribution in [-0.4, -0.2) is 39.7 Å². The van der Waals surface area contributed by atoms with Crippen molar-refractivity contribution >= 4 is 57.6 Å². The first-order valence-corrected chi connectivity index (χ1v) is 11.4. The van der Waals surface area contributed by atoms with E-state index in [9.17, 15) is 9.59 Å². The maximum atomic E-state index is 13.1. The Morgan fingerprint density at radius 2 is 1.93 bits per heavy atom. The van der Waals surface area contributed by atoms with Crippen molar-refractivity contribution in [2.75, 3.05) is 11.9 Å². The Morgan fingerprint density at radius 3 is 2.57 bits per heavy atom. The Balaban J connectivity index is 1.67. The van der Waals surface area contributed by atoms with Crippen LogP contribution in [-0.2, 0) is 9.59 Å². The largest absolute Gasteiger partial charge is 0.326 e. The van der Waals surface area contributed by atoms with Crippen molar-refractivity contribution in [2.45, 2.75) is 63.2 Å². The molecule has 0 spiro atoms. The van der Waals surface area contributed by atoms with E-state index >= 15 is 0 Å². The molecule has 1 aliphatic heterocycles. The zero-order valence-electron chi connectivity index (χ0n) is 15.9. The summed E-state index contributed by atoms with van der Waals surface area (Å²) in [6, 6.07) is 5.13. The summed E-state index contributed by atoms with van der Waals surface area (Å²) in [5.41, 5.74) is 0.568. The molecule has 152 valence electrons. The SMILES string of the molecule is CCN=C1S[C@H](CC(=O)Nc2ccc(Cl)c(Cl)c2)C(=O)N1C1CCCCCC1. The topological polar surface area (TPSA) is 61.8 Å². The molecule has 1 saturated carbocycles. The summed E-state index contributed by atoms with van der Waals surface area (Å²) in [7, 11) is 0. The van der Waals surface area contributed by atoms with Crippen LogP contribution in [0.1, 0.15) is 51.9 Å². The molecule has 1 aromatic rings. The van der Waals surface area contributed by atoms with Crippen LogP contribution in [0.15, 0.2) is 23.2 Å². The predicted molar refractivity (Wildman–Crippen MR) is 117 cm³/mol. The molecule has 2 amide bonds. The molecule has 1 aliphatic carbocycles. The minimum absolute atomic E-state index is 0.00777. The third-order valence-corrected chi connectivity index (χ3v) is 6.95. The number of rotatable bonds is 5. The van der Waals surface area contributed by atoms with Crippen LogP contribution in [0.2, 0.25) is 10.0 Å². The van der Waals surface area contributed by atoms with E-state index in [1.807, 2.05) is 11.8 Å². The van der Waals surface area contributed by atoms with Crippen LogP contribution in [0.25, 0.3) is 0 Å². The number of anilines is 1. The van der Waals surface area contributed by atoms with Gasteiger partial charge in [0.15, 0.2) is 5.17 Å². The Kier molecular flexibility index (Phi) is 7.66. The molecule has 0 radical (unpaired) electrons. The van der Waals surface area contributed by atoms with E-state index in [1.165, 1.54) is 24.6 Å². The van der Waals surface area contributed by atoms with E-state index in [0.717, 1.165) is 30.9 Å². The number of halogens is 2. The standard InChI is InChI=1S/C20H25Cl2N3O2S/c1-2-23-20-25(14-7-5-3-4-6-8-14)19(27)17(28-20)12-18(26)24-13-9-10-15(21)16(22)11-13/h9-11,14,17H,2-8,12H2,1H3,(H,24,26)/t17-/m1/s1. The van der Waals surface area contributed by atoms with Crippen molar-refractivity contribution in [2.24, 2.45) is 4.99 Å². The third kappa shape index (κ3) is 5.22. The number of benzene rings is 1. The summed E-state index contributed by atoms with van der Waals surface area (Å²) < 4.78 is 0. The van der Waals surface area contributed by atoms with E-state index in [1.54, 1.807) is 18.2 Å². The Morgan fingerprint density at radius 1 is 1.21 bits per heavy atom. The summed E-state index contributed by atoms with van der Waals surface area (Å²) in [6.45, 7) is 2.59. The molecule has 1 heterocycles. The average Bonchev–Trinajstić information content (AvgIpc) is 2.83. The number of hydrogen-bond donors (Lipinski definition) is 1. The van der Waals surface area contributed by atoms with Gasteiger partial charge in [0.1, 0.15) is 5.25 Å². The monoisotopic (exact) mass is 441 g/mol. The predicted octanol–water partition coefficient (Wildman–Crippen LogP) is 5.36. The van der Waals surface area contributed by atoms with Gasteiger partial charge in [-0.25, -0.2) is 0 Å². The van der Waals surface area contributed by atoms with Gasteiger partial charge in [-0.15, -0.1) is 0 Å². The molecule has 5 nitrogen and oxygen atoms in total. The Bertz CT molecular complexity index is 764. The number of aliphatic imine (C=N–C) groups is 1. The number of hydrogen-bond acceptors (Lipinski definition) is 4. The van der Waals surface area contributed by atoms with Gasteiger partial charge in [0.05, 0.1) is 10.0 Å². The molecule has 0 unspecified atom stereocenters. The van der Waals surface area contributed by atoms with Gasteiger partial charge in [-0.1, -0.05) is 60.6 Å². The maximum Gasteiger partial charge on any atom is 0.242 e. The highest BCUT2D eigenvalue weighted by atomic mass is 35.5. The summed E-state index contributed by atoms with van der Waals surface area (Å²) in [5, 5.41) is 3.95. The van der Waals surface area contributed by atoms with E-state index in [-0.39, 0.29) is 24.3 Å². The van der Waals surface area contributed by atoms with Gasteiger partial charge < -0.3 is 5.32 Å². The second kappa shape index (κ2) is 9.99. The van der Waals surface area contributed by atoms with E-state index in [0.29, 0.717) is 22.3 Å². The van der Waals surface area contributed by atoms with Gasteiger partial charge in [-0.3, -0.25) is 19.5 Å². The van der Waals surface area contributed by atoms with Crippen molar-refractivity contribution in [1.29, 1.82) is 0 Å². The van der Waals surface area contributed by atoms with E-state index in [2.05, 4.69) is 10.3 Å². The van der Waals surface area contributed by atoms with Crippen LogP contribution in [0.4, 0.5) is 5.69 Å².